The van der Waals surface area contributed by atoms with Gasteiger partial charge in [0.05, 0.1) is 18.8 Å². The molecule has 0 bridgehead atoms. The Morgan fingerprint density at radius 3 is 2.44 bits per heavy atom. The lowest BCUT2D eigenvalue weighted by Crippen LogP contribution is -2.62. The monoisotopic (exact) mass is 228 g/mol. The van der Waals surface area contributed by atoms with E-state index in [1.807, 2.05) is 0 Å². The van der Waals surface area contributed by atoms with E-state index in [4.69, 9.17) is 15.2 Å². The Morgan fingerprint density at radius 2 is 1.88 bits per heavy atom. The average Bonchev–Trinajstić information content (AvgIpc) is 2.29. The first-order valence-electron chi connectivity index (χ1n) is 6.25. The maximum Gasteiger partial charge on any atom is 0.0644 e. The zero-order chi connectivity index (χ0) is 11.6. The number of nitrogens with two attached hydrogens (primary N) is 1. The van der Waals surface area contributed by atoms with Crippen molar-refractivity contribution in [1.82, 2.24) is 4.90 Å². The Bertz CT molecular complexity index is 239. The molecule has 2 aliphatic heterocycles. The quantitative estimate of drug-likeness (QED) is 0.752. The van der Waals surface area contributed by atoms with Gasteiger partial charge >= 0.3 is 0 Å². The van der Waals surface area contributed by atoms with Gasteiger partial charge < -0.3 is 15.2 Å². The van der Waals surface area contributed by atoms with E-state index in [-0.39, 0.29) is 11.1 Å². The van der Waals surface area contributed by atoms with Crippen LogP contribution in [0.3, 0.4) is 0 Å². The fourth-order valence-electron chi connectivity index (χ4n) is 3.06. The molecule has 0 spiro atoms. The van der Waals surface area contributed by atoms with Crippen molar-refractivity contribution >= 4 is 0 Å². The largest absolute Gasteiger partial charge is 0.379 e. The second kappa shape index (κ2) is 4.61. The first kappa shape index (κ1) is 12.3. The molecule has 0 aromatic carbocycles. The molecule has 16 heavy (non-hydrogen) atoms. The molecule has 0 aromatic heterocycles. The van der Waals surface area contributed by atoms with Crippen LogP contribution in [0.4, 0.5) is 0 Å². The predicted octanol–water partition coefficient (Wildman–Crippen LogP) is 0.605. The van der Waals surface area contributed by atoms with E-state index in [1.54, 1.807) is 0 Å². The van der Waals surface area contributed by atoms with Crippen LogP contribution in [-0.2, 0) is 9.47 Å². The van der Waals surface area contributed by atoms with Crippen LogP contribution in [0.2, 0.25) is 0 Å². The summed E-state index contributed by atoms with van der Waals surface area (Å²) in [5, 5.41) is 0. The summed E-state index contributed by atoms with van der Waals surface area (Å²) in [6, 6.07) is 0. The van der Waals surface area contributed by atoms with E-state index in [0.717, 1.165) is 52.3 Å². The number of rotatable bonds is 2. The average molecular weight is 228 g/mol. The van der Waals surface area contributed by atoms with E-state index in [9.17, 15) is 0 Å². The molecule has 2 rings (SSSR count). The number of nitrogens with zero attached hydrogens (tertiary/aromatic N) is 1. The second-order valence-electron chi connectivity index (χ2n) is 5.56. The number of morpholine rings is 1. The fourth-order valence-corrected chi connectivity index (χ4v) is 3.06. The number of hydrogen-bond donors (Lipinski definition) is 1. The highest BCUT2D eigenvalue weighted by Crippen LogP contribution is 2.36. The van der Waals surface area contributed by atoms with Gasteiger partial charge in [0.1, 0.15) is 0 Å². The van der Waals surface area contributed by atoms with Gasteiger partial charge in [0, 0.05) is 31.8 Å². The van der Waals surface area contributed by atoms with E-state index < -0.39 is 0 Å². The molecule has 1 unspecified atom stereocenters. The summed E-state index contributed by atoms with van der Waals surface area (Å²) < 4.78 is 11.2. The molecule has 94 valence electrons. The van der Waals surface area contributed by atoms with Gasteiger partial charge in [-0.25, -0.2) is 0 Å². The molecule has 0 aromatic rings. The van der Waals surface area contributed by atoms with Crippen LogP contribution in [0.15, 0.2) is 0 Å². The summed E-state index contributed by atoms with van der Waals surface area (Å²) in [5.41, 5.74) is 6.14. The predicted molar refractivity (Wildman–Crippen MR) is 63.4 cm³/mol. The van der Waals surface area contributed by atoms with Crippen molar-refractivity contribution in [2.75, 3.05) is 39.5 Å². The van der Waals surface area contributed by atoms with E-state index in [2.05, 4.69) is 18.7 Å². The van der Waals surface area contributed by atoms with Crippen molar-refractivity contribution in [1.29, 1.82) is 0 Å². The highest BCUT2D eigenvalue weighted by Gasteiger charge is 2.44. The normalized spacial score (nSPS) is 36.2. The minimum Gasteiger partial charge on any atom is -0.379 e. The zero-order valence-electron chi connectivity index (χ0n) is 10.5. The lowest BCUT2D eigenvalue weighted by molar-refractivity contribution is -0.132. The minimum absolute atomic E-state index is 0.0457. The second-order valence-corrected chi connectivity index (χ2v) is 5.56. The molecule has 2 aliphatic rings. The Morgan fingerprint density at radius 1 is 1.19 bits per heavy atom. The van der Waals surface area contributed by atoms with Gasteiger partial charge in [-0.15, -0.1) is 0 Å². The van der Waals surface area contributed by atoms with Crippen LogP contribution in [0.25, 0.3) is 0 Å². The Kier molecular flexibility index (Phi) is 3.54. The Hall–Kier alpha value is -0.160. The first-order valence-corrected chi connectivity index (χ1v) is 6.25. The van der Waals surface area contributed by atoms with Gasteiger partial charge in [0.25, 0.3) is 0 Å². The van der Waals surface area contributed by atoms with Crippen molar-refractivity contribution in [2.45, 2.75) is 37.8 Å². The van der Waals surface area contributed by atoms with Gasteiger partial charge in [-0.3, -0.25) is 4.90 Å². The van der Waals surface area contributed by atoms with E-state index >= 15 is 0 Å². The highest BCUT2D eigenvalue weighted by atomic mass is 16.5. The van der Waals surface area contributed by atoms with Gasteiger partial charge in [0.2, 0.25) is 0 Å². The maximum atomic E-state index is 6.05. The molecular weight excluding hydrogens is 204 g/mol. The van der Waals surface area contributed by atoms with E-state index in [1.165, 1.54) is 0 Å². The van der Waals surface area contributed by atoms with Crippen molar-refractivity contribution < 1.29 is 9.47 Å². The molecule has 2 N–H and O–H groups in total. The highest BCUT2D eigenvalue weighted by molar-refractivity contribution is 4.99. The van der Waals surface area contributed by atoms with Crippen LogP contribution >= 0.6 is 0 Å². The summed E-state index contributed by atoms with van der Waals surface area (Å²) in [5.74, 6) is 0. The molecule has 2 saturated heterocycles. The number of hydrogen-bond acceptors (Lipinski definition) is 4. The molecule has 0 amide bonds. The molecular formula is C12H24N2O2. The lowest BCUT2D eigenvalue weighted by atomic mass is 9.79. The molecule has 0 radical (unpaired) electrons. The van der Waals surface area contributed by atoms with Crippen molar-refractivity contribution in [2.24, 2.45) is 5.73 Å². The SMILES string of the molecule is CC1(C)CC(CN)(N2CCOCC2)CCO1. The number of ether oxygens (including phenoxy) is 2. The van der Waals surface area contributed by atoms with Crippen LogP contribution in [0.1, 0.15) is 26.7 Å². The van der Waals surface area contributed by atoms with Crippen LogP contribution < -0.4 is 5.73 Å². The topological polar surface area (TPSA) is 47.7 Å². The van der Waals surface area contributed by atoms with Gasteiger partial charge in [-0.05, 0) is 26.7 Å². The van der Waals surface area contributed by atoms with Crippen LogP contribution in [0, 0.1) is 0 Å². The van der Waals surface area contributed by atoms with Crippen LogP contribution in [0.5, 0.6) is 0 Å². The first-order chi connectivity index (χ1) is 7.58. The maximum absolute atomic E-state index is 6.05. The summed E-state index contributed by atoms with van der Waals surface area (Å²) in [7, 11) is 0. The van der Waals surface area contributed by atoms with Gasteiger partial charge in [-0.1, -0.05) is 0 Å². The third-order valence-electron chi connectivity index (χ3n) is 3.88. The zero-order valence-corrected chi connectivity index (χ0v) is 10.5. The van der Waals surface area contributed by atoms with Crippen molar-refractivity contribution in [3.8, 4) is 0 Å². The van der Waals surface area contributed by atoms with Gasteiger partial charge in [0.15, 0.2) is 0 Å². The lowest BCUT2D eigenvalue weighted by Gasteiger charge is -2.51. The minimum atomic E-state index is -0.0457. The van der Waals surface area contributed by atoms with Gasteiger partial charge in [-0.2, -0.15) is 0 Å². The van der Waals surface area contributed by atoms with Crippen molar-refractivity contribution in [3.05, 3.63) is 0 Å². The molecule has 0 aliphatic carbocycles. The molecule has 2 heterocycles. The smallest absolute Gasteiger partial charge is 0.0644 e. The standard InChI is InChI=1S/C12H24N2O2/c1-11(2)9-12(10-13,3-6-16-11)14-4-7-15-8-5-14/h3-10,13H2,1-2H3. The third-order valence-corrected chi connectivity index (χ3v) is 3.88. The molecule has 4 heteroatoms. The van der Waals surface area contributed by atoms with Crippen LogP contribution in [-0.4, -0.2) is 55.5 Å². The molecule has 0 saturated carbocycles. The van der Waals surface area contributed by atoms with Crippen molar-refractivity contribution in [3.63, 3.8) is 0 Å². The fraction of sp³-hybridized carbons (Fsp3) is 1.00. The Balaban J connectivity index is 2.10. The summed E-state index contributed by atoms with van der Waals surface area (Å²) in [6.45, 7) is 9.56. The molecule has 1 atom stereocenters. The third kappa shape index (κ3) is 2.40. The molecule has 4 nitrogen and oxygen atoms in total. The molecule has 2 fully saturated rings. The Labute approximate surface area is 98.1 Å². The summed E-state index contributed by atoms with van der Waals surface area (Å²) in [6.07, 6.45) is 2.07. The summed E-state index contributed by atoms with van der Waals surface area (Å²) in [4.78, 5) is 2.51. The summed E-state index contributed by atoms with van der Waals surface area (Å²) >= 11 is 0. The van der Waals surface area contributed by atoms with E-state index in [0.29, 0.717) is 0 Å².